The number of esters is 1. The maximum absolute atomic E-state index is 12.6. The summed E-state index contributed by atoms with van der Waals surface area (Å²) in [6.07, 6.45) is 0. The third kappa shape index (κ3) is 3.19. The van der Waals surface area contributed by atoms with Crippen LogP contribution < -0.4 is 0 Å². The average molecular weight is 333 g/mol. The molecule has 1 heterocycles. The van der Waals surface area contributed by atoms with Crippen molar-refractivity contribution in [2.45, 2.75) is 45.8 Å². The van der Waals surface area contributed by atoms with E-state index in [4.69, 9.17) is 9.47 Å². The van der Waals surface area contributed by atoms with Gasteiger partial charge in [0.05, 0.1) is 29.9 Å². The molecule has 0 aliphatic carbocycles. The van der Waals surface area contributed by atoms with Gasteiger partial charge in [-0.3, -0.25) is 14.5 Å². The first-order valence-corrected chi connectivity index (χ1v) is 7.91. The normalized spacial score (nSPS) is 14.8. The van der Waals surface area contributed by atoms with E-state index in [0.717, 1.165) is 0 Å². The fraction of sp³-hybridized carbons (Fsp3) is 0.500. The summed E-state index contributed by atoms with van der Waals surface area (Å²) in [4.78, 5) is 38.3. The van der Waals surface area contributed by atoms with Crippen LogP contribution in [0, 0.1) is 0 Å². The summed E-state index contributed by atoms with van der Waals surface area (Å²) >= 11 is 0. The molecule has 0 saturated carbocycles. The van der Waals surface area contributed by atoms with Crippen LogP contribution >= 0.6 is 0 Å². The molecule has 130 valence electrons. The van der Waals surface area contributed by atoms with Crippen LogP contribution in [0.2, 0.25) is 0 Å². The number of ether oxygens (including phenoxy) is 2. The summed E-state index contributed by atoms with van der Waals surface area (Å²) in [5.74, 6) is -1.18. The van der Waals surface area contributed by atoms with Crippen LogP contribution in [0.15, 0.2) is 24.3 Å². The van der Waals surface area contributed by atoms with Crippen molar-refractivity contribution < 1.29 is 23.9 Å². The van der Waals surface area contributed by atoms with E-state index in [1.807, 2.05) is 0 Å². The van der Waals surface area contributed by atoms with E-state index in [9.17, 15) is 14.4 Å². The second kappa shape index (κ2) is 6.36. The number of hydrogen-bond acceptors (Lipinski definition) is 5. The maximum Gasteiger partial charge on any atom is 0.337 e. The van der Waals surface area contributed by atoms with Crippen molar-refractivity contribution in [2.24, 2.45) is 0 Å². The van der Waals surface area contributed by atoms with Crippen molar-refractivity contribution >= 4 is 17.8 Å². The molecule has 1 aliphatic heterocycles. The van der Waals surface area contributed by atoms with Crippen LogP contribution in [-0.4, -0.2) is 47.0 Å². The third-order valence-corrected chi connectivity index (χ3v) is 3.95. The van der Waals surface area contributed by atoms with Gasteiger partial charge in [0.1, 0.15) is 0 Å². The Morgan fingerprint density at radius 2 is 1.54 bits per heavy atom. The van der Waals surface area contributed by atoms with Crippen molar-refractivity contribution in [3.63, 3.8) is 0 Å². The van der Waals surface area contributed by atoms with Crippen LogP contribution in [0.3, 0.4) is 0 Å². The minimum Gasteiger partial charge on any atom is -0.464 e. The molecule has 6 nitrogen and oxygen atoms in total. The van der Waals surface area contributed by atoms with Gasteiger partial charge < -0.3 is 9.47 Å². The number of carbonyl (C=O) groups excluding carboxylic acids is 3. The topological polar surface area (TPSA) is 72.9 Å². The summed E-state index contributed by atoms with van der Waals surface area (Å²) in [5.41, 5.74) is -1.29. The molecule has 1 aliphatic rings. The number of carbonyl (C=O) groups is 3. The molecule has 0 bridgehead atoms. The zero-order valence-corrected chi connectivity index (χ0v) is 14.7. The molecular formula is C18H23NO5. The predicted octanol–water partition coefficient (Wildman–Crippen LogP) is 2.42. The Bertz CT molecular complexity index is 643. The number of amides is 2. The highest BCUT2D eigenvalue weighted by atomic mass is 16.6. The zero-order valence-electron chi connectivity index (χ0n) is 14.7. The highest BCUT2D eigenvalue weighted by molar-refractivity contribution is 6.21. The van der Waals surface area contributed by atoms with Crippen LogP contribution in [0.1, 0.15) is 55.3 Å². The van der Waals surface area contributed by atoms with Gasteiger partial charge in [0.2, 0.25) is 0 Å². The first kappa shape index (κ1) is 18.1. The Hall–Kier alpha value is -2.21. The molecule has 0 saturated heterocycles. The van der Waals surface area contributed by atoms with E-state index < -0.39 is 17.1 Å². The summed E-state index contributed by atoms with van der Waals surface area (Å²) < 4.78 is 10.7. The Kier molecular flexibility index (Phi) is 4.80. The van der Waals surface area contributed by atoms with Crippen molar-refractivity contribution in [3.05, 3.63) is 35.4 Å². The summed E-state index contributed by atoms with van der Waals surface area (Å²) in [6, 6.07) is 6.71. The lowest BCUT2D eigenvalue weighted by molar-refractivity contribution is -0.170. The minimum absolute atomic E-state index is 0.0181. The average Bonchev–Trinajstić information content (AvgIpc) is 2.78. The van der Waals surface area contributed by atoms with Gasteiger partial charge in [0, 0.05) is 0 Å². The Labute approximate surface area is 141 Å². The molecule has 0 atom stereocenters. The first-order chi connectivity index (χ1) is 11.1. The Balaban J connectivity index is 2.16. The molecular weight excluding hydrogens is 310 g/mol. The molecule has 1 aromatic rings. The van der Waals surface area contributed by atoms with Gasteiger partial charge in [-0.1, -0.05) is 12.1 Å². The maximum atomic E-state index is 12.6. The molecule has 1 aromatic carbocycles. The van der Waals surface area contributed by atoms with Gasteiger partial charge in [0.25, 0.3) is 11.8 Å². The van der Waals surface area contributed by atoms with Crippen molar-refractivity contribution in [1.82, 2.24) is 4.90 Å². The van der Waals surface area contributed by atoms with Crippen LogP contribution in [0.25, 0.3) is 0 Å². The van der Waals surface area contributed by atoms with E-state index in [0.29, 0.717) is 11.1 Å². The lowest BCUT2D eigenvalue weighted by Crippen LogP contribution is -2.52. The molecule has 0 fully saturated rings. The number of benzene rings is 1. The molecule has 2 amide bonds. The van der Waals surface area contributed by atoms with Gasteiger partial charge in [-0.25, -0.2) is 4.79 Å². The smallest absolute Gasteiger partial charge is 0.337 e. The zero-order chi connectivity index (χ0) is 18.1. The Morgan fingerprint density at radius 3 is 2.00 bits per heavy atom. The highest BCUT2D eigenvalue weighted by Gasteiger charge is 2.45. The fourth-order valence-electron chi connectivity index (χ4n) is 2.52. The number of fused-ring (bicyclic) bond motifs is 1. The molecule has 0 radical (unpaired) electrons. The lowest BCUT2D eigenvalue weighted by Gasteiger charge is -2.36. The van der Waals surface area contributed by atoms with Gasteiger partial charge in [-0.15, -0.1) is 0 Å². The van der Waals surface area contributed by atoms with E-state index in [1.165, 1.54) is 4.90 Å². The van der Waals surface area contributed by atoms with E-state index in [1.54, 1.807) is 58.9 Å². The van der Waals surface area contributed by atoms with Crippen LogP contribution in [-0.2, 0) is 14.3 Å². The van der Waals surface area contributed by atoms with Crippen molar-refractivity contribution in [2.75, 3.05) is 13.2 Å². The SMILES string of the molecule is CCOC(=O)C(C)(C)OCC(C)(C)N1C(=O)c2ccccc2C1=O. The molecule has 6 heteroatoms. The molecule has 0 aromatic heterocycles. The number of rotatable bonds is 6. The van der Waals surface area contributed by atoms with E-state index in [2.05, 4.69) is 0 Å². The minimum atomic E-state index is -1.16. The molecule has 0 N–H and O–H groups in total. The van der Waals surface area contributed by atoms with Gasteiger partial charge in [-0.2, -0.15) is 0 Å². The summed E-state index contributed by atoms with van der Waals surface area (Å²) in [5, 5.41) is 0. The third-order valence-electron chi connectivity index (χ3n) is 3.95. The van der Waals surface area contributed by atoms with Crippen LogP contribution in [0.5, 0.6) is 0 Å². The van der Waals surface area contributed by atoms with E-state index >= 15 is 0 Å². The fourth-order valence-corrected chi connectivity index (χ4v) is 2.52. The largest absolute Gasteiger partial charge is 0.464 e. The summed E-state index contributed by atoms with van der Waals surface area (Å²) in [7, 11) is 0. The van der Waals surface area contributed by atoms with Gasteiger partial charge in [-0.05, 0) is 46.8 Å². The van der Waals surface area contributed by atoms with E-state index in [-0.39, 0.29) is 25.0 Å². The van der Waals surface area contributed by atoms with Crippen molar-refractivity contribution in [3.8, 4) is 0 Å². The molecule has 24 heavy (non-hydrogen) atoms. The number of nitrogens with zero attached hydrogens (tertiary/aromatic N) is 1. The lowest BCUT2D eigenvalue weighted by atomic mass is 10.0. The first-order valence-electron chi connectivity index (χ1n) is 7.91. The molecule has 2 rings (SSSR count). The second-order valence-electron chi connectivity index (χ2n) is 6.82. The van der Waals surface area contributed by atoms with Crippen molar-refractivity contribution in [1.29, 1.82) is 0 Å². The standard InChI is InChI=1S/C18H23NO5/c1-6-23-16(22)18(4,5)24-11-17(2,3)19-14(20)12-9-7-8-10-13(12)15(19)21/h7-10H,6,11H2,1-5H3. The molecule has 0 spiro atoms. The number of imide groups is 1. The second-order valence-corrected chi connectivity index (χ2v) is 6.82. The quantitative estimate of drug-likeness (QED) is 0.590. The van der Waals surface area contributed by atoms with Crippen LogP contribution in [0.4, 0.5) is 0 Å². The number of hydrogen-bond donors (Lipinski definition) is 0. The highest BCUT2D eigenvalue weighted by Crippen LogP contribution is 2.30. The van der Waals surface area contributed by atoms with Gasteiger partial charge in [0.15, 0.2) is 5.60 Å². The molecule has 0 unspecified atom stereocenters. The summed E-state index contributed by atoms with van der Waals surface area (Å²) in [6.45, 7) is 8.66. The predicted molar refractivity (Wildman–Crippen MR) is 87.7 cm³/mol. The van der Waals surface area contributed by atoms with Gasteiger partial charge >= 0.3 is 5.97 Å². The monoisotopic (exact) mass is 333 g/mol. The Morgan fingerprint density at radius 1 is 1.04 bits per heavy atom.